The van der Waals surface area contributed by atoms with E-state index in [-0.39, 0.29) is 12.5 Å². The van der Waals surface area contributed by atoms with Crippen molar-refractivity contribution in [1.29, 1.82) is 0 Å². The predicted octanol–water partition coefficient (Wildman–Crippen LogP) is 2.20. The highest BCUT2D eigenvalue weighted by Gasteiger charge is 2.12. The monoisotopic (exact) mass is 278 g/mol. The maximum absolute atomic E-state index is 9.46. The van der Waals surface area contributed by atoms with Gasteiger partial charge in [0.2, 0.25) is 0 Å². The van der Waals surface area contributed by atoms with Crippen LogP contribution in [0.2, 0.25) is 0 Å². The number of thioether (sulfide) groups is 1. The van der Waals surface area contributed by atoms with Crippen LogP contribution in [0.1, 0.15) is 25.6 Å². The Morgan fingerprint density at radius 1 is 1.21 bits per heavy atom. The minimum Gasteiger partial charge on any atom is -0.394 e. The van der Waals surface area contributed by atoms with Crippen LogP contribution >= 0.6 is 11.8 Å². The van der Waals surface area contributed by atoms with Gasteiger partial charge in [-0.25, -0.2) is 9.97 Å². The smallest absolute Gasteiger partial charge is 0.132 e. The standard InChI is InChI=1S/C14H18N2O2S/c1-9(2)13-15-12-6-4-3-5-11(12)14(16-13)19-8-10(18)7-17/h3-6,9-10,17-18H,7-8H2,1-2H3. The van der Waals surface area contributed by atoms with Crippen molar-refractivity contribution in [3.63, 3.8) is 0 Å². The van der Waals surface area contributed by atoms with Crippen LogP contribution in [0.5, 0.6) is 0 Å². The van der Waals surface area contributed by atoms with Crippen LogP contribution in [0, 0.1) is 0 Å². The van der Waals surface area contributed by atoms with E-state index in [0.717, 1.165) is 21.8 Å². The minimum absolute atomic E-state index is 0.229. The molecule has 19 heavy (non-hydrogen) atoms. The number of aliphatic hydroxyl groups is 2. The van der Waals surface area contributed by atoms with Gasteiger partial charge in [0.05, 0.1) is 18.2 Å². The van der Waals surface area contributed by atoms with Crippen molar-refractivity contribution < 1.29 is 10.2 Å². The molecule has 1 aromatic heterocycles. The third kappa shape index (κ3) is 3.43. The summed E-state index contributed by atoms with van der Waals surface area (Å²) in [6.07, 6.45) is -0.721. The highest BCUT2D eigenvalue weighted by Crippen LogP contribution is 2.27. The molecule has 0 aliphatic heterocycles. The fourth-order valence-electron chi connectivity index (χ4n) is 1.66. The summed E-state index contributed by atoms with van der Waals surface area (Å²) in [6.45, 7) is 3.88. The lowest BCUT2D eigenvalue weighted by molar-refractivity contribution is 0.113. The number of hydrogen-bond acceptors (Lipinski definition) is 5. The van der Waals surface area contributed by atoms with E-state index in [0.29, 0.717) is 5.75 Å². The lowest BCUT2D eigenvalue weighted by atomic mass is 10.2. The normalized spacial score (nSPS) is 13.1. The Hall–Kier alpha value is -1.17. The van der Waals surface area contributed by atoms with Crippen molar-refractivity contribution in [2.24, 2.45) is 0 Å². The number of para-hydroxylation sites is 1. The van der Waals surface area contributed by atoms with E-state index in [2.05, 4.69) is 23.8 Å². The van der Waals surface area contributed by atoms with Crippen LogP contribution in [0.25, 0.3) is 10.9 Å². The minimum atomic E-state index is -0.721. The molecule has 2 N–H and O–H groups in total. The molecule has 2 aromatic rings. The molecule has 0 aliphatic rings. The molecule has 0 fully saturated rings. The summed E-state index contributed by atoms with van der Waals surface area (Å²) in [7, 11) is 0. The second-order valence-electron chi connectivity index (χ2n) is 4.71. The summed E-state index contributed by atoms with van der Waals surface area (Å²) in [5.74, 6) is 1.49. The zero-order valence-electron chi connectivity index (χ0n) is 11.1. The largest absolute Gasteiger partial charge is 0.394 e. The molecule has 0 saturated carbocycles. The molecular weight excluding hydrogens is 260 g/mol. The zero-order chi connectivity index (χ0) is 13.8. The molecule has 0 saturated heterocycles. The molecule has 1 atom stereocenters. The first-order valence-electron chi connectivity index (χ1n) is 6.30. The van der Waals surface area contributed by atoms with Gasteiger partial charge < -0.3 is 10.2 Å². The van der Waals surface area contributed by atoms with Gasteiger partial charge in [-0.05, 0) is 6.07 Å². The molecule has 1 unspecified atom stereocenters. The van der Waals surface area contributed by atoms with Gasteiger partial charge in [0.25, 0.3) is 0 Å². The van der Waals surface area contributed by atoms with Crippen LogP contribution in [0.4, 0.5) is 0 Å². The van der Waals surface area contributed by atoms with Crippen molar-refractivity contribution in [1.82, 2.24) is 9.97 Å². The van der Waals surface area contributed by atoms with E-state index in [1.165, 1.54) is 11.8 Å². The molecule has 0 spiro atoms. The number of aromatic nitrogens is 2. The summed E-state index contributed by atoms with van der Waals surface area (Å²) in [4.78, 5) is 9.11. The first-order valence-corrected chi connectivity index (χ1v) is 7.28. The van der Waals surface area contributed by atoms with Crippen LogP contribution in [0.15, 0.2) is 29.3 Å². The Bertz CT molecular complexity index is 560. The molecule has 2 rings (SSSR count). The first-order chi connectivity index (χ1) is 9.11. The number of benzene rings is 1. The highest BCUT2D eigenvalue weighted by molar-refractivity contribution is 7.99. The molecule has 0 radical (unpaired) electrons. The second kappa shape index (κ2) is 6.32. The predicted molar refractivity (Wildman–Crippen MR) is 77.4 cm³/mol. The quantitative estimate of drug-likeness (QED) is 0.648. The lowest BCUT2D eigenvalue weighted by Gasteiger charge is -2.11. The molecule has 0 aliphatic carbocycles. The SMILES string of the molecule is CC(C)c1nc(SCC(O)CO)c2ccccc2n1. The average molecular weight is 278 g/mol. The van der Waals surface area contributed by atoms with Crippen LogP contribution < -0.4 is 0 Å². The molecule has 1 aromatic carbocycles. The van der Waals surface area contributed by atoms with E-state index in [9.17, 15) is 5.11 Å². The Kier molecular flexibility index (Phi) is 4.74. The number of fused-ring (bicyclic) bond motifs is 1. The summed E-state index contributed by atoms with van der Waals surface area (Å²) in [5.41, 5.74) is 0.919. The maximum Gasteiger partial charge on any atom is 0.132 e. The van der Waals surface area contributed by atoms with Crippen molar-refractivity contribution >= 4 is 22.7 Å². The van der Waals surface area contributed by atoms with Gasteiger partial charge in [-0.3, -0.25) is 0 Å². The van der Waals surface area contributed by atoms with E-state index in [1.54, 1.807) is 0 Å². The van der Waals surface area contributed by atoms with Gasteiger partial charge >= 0.3 is 0 Å². The van der Waals surface area contributed by atoms with Crippen LogP contribution in [-0.2, 0) is 0 Å². The van der Waals surface area contributed by atoms with Crippen LogP contribution in [0.3, 0.4) is 0 Å². The van der Waals surface area contributed by atoms with E-state index in [1.807, 2.05) is 24.3 Å². The van der Waals surface area contributed by atoms with Gasteiger partial charge in [0.1, 0.15) is 10.9 Å². The van der Waals surface area contributed by atoms with Gasteiger partial charge in [-0.2, -0.15) is 0 Å². The fraction of sp³-hybridized carbons (Fsp3) is 0.429. The molecule has 5 heteroatoms. The Morgan fingerprint density at radius 2 is 1.95 bits per heavy atom. The van der Waals surface area contributed by atoms with E-state index >= 15 is 0 Å². The van der Waals surface area contributed by atoms with Crippen molar-refractivity contribution in [2.45, 2.75) is 30.9 Å². The van der Waals surface area contributed by atoms with Gasteiger partial charge in [-0.1, -0.05) is 32.0 Å². The van der Waals surface area contributed by atoms with Gasteiger partial charge in [0.15, 0.2) is 0 Å². The van der Waals surface area contributed by atoms with Gasteiger partial charge in [0, 0.05) is 17.1 Å². The molecule has 1 heterocycles. The summed E-state index contributed by atoms with van der Waals surface area (Å²) in [5, 5.41) is 20.2. The average Bonchev–Trinajstić information content (AvgIpc) is 2.43. The Balaban J connectivity index is 2.39. The highest BCUT2D eigenvalue weighted by atomic mass is 32.2. The third-order valence-corrected chi connectivity index (χ3v) is 3.86. The molecule has 102 valence electrons. The topological polar surface area (TPSA) is 66.2 Å². The Labute approximate surface area is 116 Å². The maximum atomic E-state index is 9.46. The summed E-state index contributed by atoms with van der Waals surface area (Å²) >= 11 is 1.45. The van der Waals surface area contributed by atoms with E-state index in [4.69, 9.17) is 5.11 Å². The van der Waals surface area contributed by atoms with Gasteiger partial charge in [-0.15, -0.1) is 11.8 Å². The number of rotatable bonds is 5. The number of aliphatic hydroxyl groups excluding tert-OH is 2. The second-order valence-corrected chi connectivity index (χ2v) is 5.71. The molecule has 0 bridgehead atoms. The van der Waals surface area contributed by atoms with Crippen LogP contribution in [-0.4, -0.2) is 38.6 Å². The Morgan fingerprint density at radius 3 is 2.63 bits per heavy atom. The number of nitrogens with zero attached hydrogens (tertiary/aromatic N) is 2. The zero-order valence-corrected chi connectivity index (χ0v) is 11.9. The van der Waals surface area contributed by atoms with Crippen molar-refractivity contribution in [2.75, 3.05) is 12.4 Å². The molecule has 0 amide bonds. The fourth-order valence-corrected chi connectivity index (χ4v) is 2.60. The van der Waals surface area contributed by atoms with Crippen molar-refractivity contribution in [3.05, 3.63) is 30.1 Å². The van der Waals surface area contributed by atoms with E-state index < -0.39 is 6.10 Å². The molecule has 4 nitrogen and oxygen atoms in total. The lowest BCUT2D eigenvalue weighted by Crippen LogP contribution is -2.15. The third-order valence-electron chi connectivity index (χ3n) is 2.73. The molecular formula is C14H18N2O2S. The first kappa shape index (κ1) is 14.2. The van der Waals surface area contributed by atoms with Crippen molar-refractivity contribution in [3.8, 4) is 0 Å². The number of hydrogen-bond donors (Lipinski definition) is 2. The summed E-state index contributed by atoms with van der Waals surface area (Å²) in [6, 6.07) is 7.85. The summed E-state index contributed by atoms with van der Waals surface area (Å²) < 4.78 is 0.